The zero-order valence-corrected chi connectivity index (χ0v) is 63.8. The number of hydrogen-bond donors (Lipinski definition) is 3. The molecule has 564 valence electrons. The average Bonchev–Trinajstić information content (AvgIpc) is 1.38. The number of hydrogen-bond acceptors (Lipinski definition) is 15. The third-order valence-electron chi connectivity index (χ3n) is 18.1. The monoisotopic (exact) mass is 1400 g/mol. The zero-order chi connectivity index (χ0) is 70.0. The maximum atomic E-state index is 13.1. The van der Waals surface area contributed by atoms with Crippen molar-refractivity contribution in [3.8, 4) is 0 Å². The quantitative estimate of drug-likeness (QED) is 0.0222. The standard InChI is InChI=1S/C76H148O17P2/c1-7-10-12-14-16-18-19-20-21-22-23-24-25-26-27-28-29-32-37-41-48-54-60-75(80)92-71(64-87-74(79)59-53-47-40-36-33-30-31-35-38-44-50-56-68(4)5)66-90-94(82,83)88-62-70(77)63-89-95(84,85)91-67-72(65-86-73(78)58-52-46-39-34-17-15-13-11-8-2)93-76(81)61-55-49-43-42-45-51-57-69(6)9-3/h68-72,77H,7-67H2,1-6H3,(H,82,83)(H,84,85)/t69?,70-,71-,72-/m1/s1. The summed E-state index contributed by atoms with van der Waals surface area (Å²) in [7, 11) is -9.91. The Morgan fingerprint density at radius 3 is 0.800 bits per heavy atom. The first-order chi connectivity index (χ1) is 45.9. The van der Waals surface area contributed by atoms with Crippen molar-refractivity contribution >= 4 is 39.5 Å². The van der Waals surface area contributed by atoms with Crippen molar-refractivity contribution < 1.29 is 80.2 Å². The van der Waals surface area contributed by atoms with E-state index in [1.807, 2.05) is 0 Å². The largest absolute Gasteiger partial charge is 0.472 e. The summed E-state index contributed by atoms with van der Waals surface area (Å²) in [5, 5.41) is 10.6. The smallest absolute Gasteiger partial charge is 0.462 e. The van der Waals surface area contributed by atoms with Crippen LogP contribution in [-0.4, -0.2) is 96.7 Å². The van der Waals surface area contributed by atoms with E-state index in [9.17, 15) is 43.2 Å². The maximum Gasteiger partial charge on any atom is 0.472 e. The second-order valence-corrected chi connectivity index (χ2v) is 31.0. The van der Waals surface area contributed by atoms with Gasteiger partial charge in [0.1, 0.15) is 19.3 Å². The van der Waals surface area contributed by atoms with Crippen LogP contribution < -0.4 is 0 Å². The summed E-state index contributed by atoms with van der Waals surface area (Å²) >= 11 is 0. The van der Waals surface area contributed by atoms with Gasteiger partial charge < -0.3 is 33.8 Å². The van der Waals surface area contributed by atoms with E-state index in [4.69, 9.17) is 37.0 Å². The fraction of sp³-hybridized carbons (Fsp3) is 0.947. The van der Waals surface area contributed by atoms with Crippen LogP contribution in [0.5, 0.6) is 0 Å². The summed E-state index contributed by atoms with van der Waals surface area (Å²) in [5.74, 6) is -0.630. The number of phosphoric acid groups is 2. The lowest BCUT2D eigenvalue weighted by atomic mass is 10.00. The van der Waals surface area contributed by atoms with Gasteiger partial charge in [0.15, 0.2) is 12.2 Å². The van der Waals surface area contributed by atoms with Crippen LogP contribution in [0, 0.1) is 11.8 Å². The molecular weight excluding hydrogens is 1250 g/mol. The molecule has 0 fully saturated rings. The highest BCUT2D eigenvalue weighted by molar-refractivity contribution is 7.47. The van der Waals surface area contributed by atoms with Gasteiger partial charge in [-0.1, -0.05) is 343 Å². The van der Waals surface area contributed by atoms with Gasteiger partial charge in [-0.15, -0.1) is 0 Å². The Hall–Kier alpha value is -1.94. The lowest BCUT2D eigenvalue weighted by Gasteiger charge is -2.21. The molecule has 17 nitrogen and oxygen atoms in total. The third kappa shape index (κ3) is 69.0. The van der Waals surface area contributed by atoms with E-state index in [2.05, 4.69) is 41.5 Å². The normalized spacial score (nSPS) is 14.3. The van der Waals surface area contributed by atoms with Crippen molar-refractivity contribution in [2.75, 3.05) is 39.6 Å². The van der Waals surface area contributed by atoms with Crippen molar-refractivity contribution in [3.05, 3.63) is 0 Å². The van der Waals surface area contributed by atoms with Gasteiger partial charge in [-0.25, -0.2) is 9.13 Å². The first-order valence-corrected chi connectivity index (χ1v) is 42.5. The number of rotatable bonds is 75. The second kappa shape index (κ2) is 67.9. The molecule has 0 spiro atoms. The highest BCUT2D eigenvalue weighted by Gasteiger charge is 2.30. The Labute approximate surface area is 581 Å². The minimum atomic E-state index is -4.96. The van der Waals surface area contributed by atoms with Crippen LogP contribution in [0.1, 0.15) is 395 Å². The molecule has 3 N–H and O–H groups in total. The molecule has 0 aromatic carbocycles. The van der Waals surface area contributed by atoms with Crippen molar-refractivity contribution in [2.24, 2.45) is 11.8 Å². The number of aliphatic hydroxyl groups is 1. The number of phosphoric ester groups is 2. The molecule has 0 heterocycles. The predicted octanol–water partition coefficient (Wildman–Crippen LogP) is 22.3. The van der Waals surface area contributed by atoms with Crippen molar-refractivity contribution in [1.29, 1.82) is 0 Å². The van der Waals surface area contributed by atoms with Crippen LogP contribution in [-0.2, 0) is 65.4 Å². The molecule has 0 aliphatic rings. The molecule has 0 saturated heterocycles. The summed E-state index contributed by atoms with van der Waals surface area (Å²) < 4.78 is 68.4. The summed E-state index contributed by atoms with van der Waals surface area (Å²) in [6.07, 6.45) is 55.8. The Morgan fingerprint density at radius 1 is 0.305 bits per heavy atom. The molecule has 3 unspecified atom stereocenters. The number of ether oxygens (including phenoxy) is 4. The first kappa shape index (κ1) is 93.1. The van der Waals surface area contributed by atoms with Gasteiger partial charge in [0, 0.05) is 25.7 Å². The maximum absolute atomic E-state index is 13.1. The number of esters is 4. The fourth-order valence-electron chi connectivity index (χ4n) is 11.6. The highest BCUT2D eigenvalue weighted by Crippen LogP contribution is 2.45. The van der Waals surface area contributed by atoms with Crippen LogP contribution in [0.4, 0.5) is 0 Å². The molecule has 0 bridgehead atoms. The molecule has 0 amide bonds. The first-order valence-electron chi connectivity index (χ1n) is 39.5. The molecule has 0 aliphatic carbocycles. The van der Waals surface area contributed by atoms with Crippen LogP contribution >= 0.6 is 15.6 Å². The molecule has 6 atom stereocenters. The molecular formula is C76H148O17P2. The Kier molecular flexibility index (Phi) is 66.5. The summed E-state index contributed by atoms with van der Waals surface area (Å²) in [6, 6.07) is 0. The topological polar surface area (TPSA) is 237 Å². The van der Waals surface area contributed by atoms with Crippen molar-refractivity contribution in [3.63, 3.8) is 0 Å². The Bertz CT molecular complexity index is 1840. The number of carbonyl (C=O) groups is 4. The van der Waals surface area contributed by atoms with Gasteiger partial charge in [-0.05, 0) is 37.5 Å². The lowest BCUT2D eigenvalue weighted by molar-refractivity contribution is -0.161. The Morgan fingerprint density at radius 2 is 0.537 bits per heavy atom. The molecule has 19 heteroatoms. The van der Waals surface area contributed by atoms with E-state index in [1.54, 1.807) is 0 Å². The van der Waals surface area contributed by atoms with E-state index < -0.39 is 97.5 Å². The van der Waals surface area contributed by atoms with Gasteiger partial charge in [-0.2, -0.15) is 0 Å². The zero-order valence-electron chi connectivity index (χ0n) is 62.0. The van der Waals surface area contributed by atoms with Crippen LogP contribution in [0.2, 0.25) is 0 Å². The minimum absolute atomic E-state index is 0.103. The molecule has 0 rings (SSSR count). The van der Waals surface area contributed by atoms with E-state index in [0.29, 0.717) is 25.7 Å². The number of carbonyl (C=O) groups excluding carboxylic acids is 4. The molecule has 0 aromatic rings. The van der Waals surface area contributed by atoms with E-state index >= 15 is 0 Å². The van der Waals surface area contributed by atoms with Gasteiger partial charge in [0.25, 0.3) is 0 Å². The summed E-state index contributed by atoms with van der Waals surface area (Å²) in [4.78, 5) is 72.7. The fourth-order valence-corrected chi connectivity index (χ4v) is 13.2. The van der Waals surface area contributed by atoms with Crippen LogP contribution in [0.25, 0.3) is 0 Å². The molecule has 0 saturated carbocycles. The van der Waals surface area contributed by atoms with E-state index in [0.717, 1.165) is 102 Å². The molecule has 0 aromatic heterocycles. The van der Waals surface area contributed by atoms with Crippen LogP contribution in [0.15, 0.2) is 0 Å². The van der Waals surface area contributed by atoms with E-state index in [1.165, 1.54) is 212 Å². The molecule has 0 aliphatic heterocycles. The minimum Gasteiger partial charge on any atom is -0.462 e. The van der Waals surface area contributed by atoms with Gasteiger partial charge in [-0.3, -0.25) is 37.3 Å². The summed E-state index contributed by atoms with van der Waals surface area (Å²) in [6.45, 7) is 9.52. The van der Waals surface area contributed by atoms with Gasteiger partial charge >= 0.3 is 39.5 Å². The second-order valence-electron chi connectivity index (χ2n) is 28.1. The third-order valence-corrected chi connectivity index (χ3v) is 20.0. The molecule has 95 heavy (non-hydrogen) atoms. The van der Waals surface area contributed by atoms with Gasteiger partial charge in [0.2, 0.25) is 0 Å². The van der Waals surface area contributed by atoms with Crippen molar-refractivity contribution in [2.45, 2.75) is 413 Å². The predicted molar refractivity (Wildman–Crippen MR) is 386 cm³/mol. The Balaban J connectivity index is 5.17. The molecule has 0 radical (unpaired) electrons. The van der Waals surface area contributed by atoms with Crippen LogP contribution in [0.3, 0.4) is 0 Å². The number of aliphatic hydroxyl groups excluding tert-OH is 1. The lowest BCUT2D eigenvalue weighted by Crippen LogP contribution is -2.30. The van der Waals surface area contributed by atoms with Crippen molar-refractivity contribution in [1.82, 2.24) is 0 Å². The van der Waals surface area contributed by atoms with Gasteiger partial charge in [0.05, 0.1) is 26.4 Å². The highest BCUT2D eigenvalue weighted by atomic mass is 31.2. The van der Waals surface area contributed by atoms with E-state index in [-0.39, 0.29) is 25.7 Å². The summed E-state index contributed by atoms with van der Waals surface area (Å²) in [5.41, 5.74) is 0. The number of unbranched alkanes of at least 4 members (excludes halogenated alkanes) is 44. The SMILES string of the molecule is CCCCCCCCCCCCCCCCCCCCCCCCC(=O)O[C@H](COC(=O)CCCCCCCCCCCCCC(C)C)COP(=O)(O)OC[C@@H](O)COP(=O)(O)OC[C@@H](COC(=O)CCCCCCCCCCC)OC(=O)CCCCCCCCC(C)CC. The average molecular weight is 1400 g/mol.